The summed E-state index contributed by atoms with van der Waals surface area (Å²) in [6, 6.07) is 12.5. The molecule has 0 unspecified atom stereocenters. The average molecular weight is 310 g/mol. The SMILES string of the molecule is CC(=O)Nc1ccccc1OCc1c(Cl)cccc1Cl. The summed E-state index contributed by atoms with van der Waals surface area (Å²) in [5, 5.41) is 3.81. The Kier molecular flexibility index (Phi) is 4.88. The summed E-state index contributed by atoms with van der Waals surface area (Å²) in [6.45, 7) is 1.68. The molecule has 0 atom stereocenters. The van der Waals surface area contributed by atoms with E-state index in [9.17, 15) is 4.79 Å². The molecule has 0 radical (unpaired) electrons. The van der Waals surface area contributed by atoms with Crippen molar-refractivity contribution in [3.63, 3.8) is 0 Å². The Balaban J connectivity index is 2.17. The molecule has 0 bridgehead atoms. The van der Waals surface area contributed by atoms with Gasteiger partial charge < -0.3 is 10.1 Å². The first-order valence-corrected chi connectivity index (χ1v) is 6.76. The van der Waals surface area contributed by atoms with Crippen LogP contribution in [0.15, 0.2) is 42.5 Å². The van der Waals surface area contributed by atoms with Crippen LogP contribution in [-0.4, -0.2) is 5.91 Å². The molecule has 20 heavy (non-hydrogen) atoms. The van der Waals surface area contributed by atoms with E-state index in [0.717, 1.165) is 0 Å². The quantitative estimate of drug-likeness (QED) is 0.901. The van der Waals surface area contributed by atoms with Crippen molar-refractivity contribution in [2.24, 2.45) is 0 Å². The van der Waals surface area contributed by atoms with Gasteiger partial charge in [-0.15, -0.1) is 0 Å². The lowest BCUT2D eigenvalue weighted by Gasteiger charge is -2.13. The summed E-state index contributed by atoms with van der Waals surface area (Å²) < 4.78 is 5.70. The second-order valence-electron chi connectivity index (χ2n) is 4.17. The largest absolute Gasteiger partial charge is 0.487 e. The zero-order chi connectivity index (χ0) is 14.5. The van der Waals surface area contributed by atoms with Crippen LogP contribution in [0.3, 0.4) is 0 Å². The Hall–Kier alpha value is -1.71. The third-order valence-electron chi connectivity index (χ3n) is 2.63. The third kappa shape index (κ3) is 3.65. The predicted molar refractivity (Wildman–Crippen MR) is 81.5 cm³/mol. The van der Waals surface area contributed by atoms with Crippen LogP contribution in [0.25, 0.3) is 0 Å². The van der Waals surface area contributed by atoms with Crippen molar-refractivity contribution in [2.45, 2.75) is 13.5 Å². The molecule has 0 aliphatic rings. The van der Waals surface area contributed by atoms with Crippen LogP contribution in [0.5, 0.6) is 5.75 Å². The highest BCUT2D eigenvalue weighted by Gasteiger charge is 2.09. The summed E-state index contributed by atoms with van der Waals surface area (Å²) in [5.74, 6) is 0.413. The molecule has 2 aromatic rings. The molecule has 3 nitrogen and oxygen atoms in total. The van der Waals surface area contributed by atoms with Crippen molar-refractivity contribution < 1.29 is 9.53 Å². The molecule has 0 fully saturated rings. The van der Waals surface area contributed by atoms with Gasteiger partial charge >= 0.3 is 0 Å². The molecule has 0 aromatic heterocycles. The van der Waals surface area contributed by atoms with E-state index in [2.05, 4.69) is 5.32 Å². The Bertz CT molecular complexity index is 609. The van der Waals surface area contributed by atoms with Gasteiger partial charge in [-0.2, -0.15) is 0 Å². The number of carbonyl (C=O) groups excluding carboxylic acids is 1. The highest BCUT2D eigenvalue weighted by molar-refractivity contribution is 6.35. The van der Waals surface area contributed by atoms with E-state index in [0.29, 0.717) is 27.0 Å². The van der Waals surface area contributed by atoms with Gasteiger partial charge in [0.1, 0.15) is 12.4 Å². The molecule has 0 heterocycles. The maximum absolute atomic E-state index is 11.1. The molecular weight excluding hydrogens is 297 g/mol. The number of carbonyl (C=O) groups is 1. The highest BCUT2D eigenvalue weighted by atomic mass is 35.5. The Morgan fingerprint density at radius 3 is 2.40 bits per heavy atom. The first-order chi connectivity index (χ1) is 9.58. The van der Waals surface area contributed by atoms with Gasteiger partial charge in [0.15, 0.2) is 0 Å². The number of halogens is 2. The van der Waals surface area contributed by atoms with Gasteiger partial charge in [0.25, 0.3) is 0 Å². The number of amides is 1. The molecule has 2 rings (SSSR count). The standard InChI is InChI=1S/C15H13Cl2NO2/c1-10(19)18-14-7-2-3-8-15(14)20-9-11-12(16)5-4-6-13(11)17/h2-8H,9H2,1H3,(H,18,19). The van der Waals surface area contributed by atoms with Gasteiger partial charge in [-0.3, -0.25) is 4.79 Å². The van der Waals surface area contributed by atoms with Gasteiger partial charge in [-0.1, -0.05) is 41.4 Å². The normalized spacial score (nSPS) is 10.2. The lowest BCUT2D eigenvalue weighted by atomic mass is 10.2. The van der Waals surface area contributed by atoms with E-state index < -0.39 is 0 Å². The summed E-state index contributed by atoms with van der Waals surface area (Å²) in [6.07, 6.45) is 0. The summed E-state index contributed by atoms with van der Waals surface area (Å²) in [5.41, 5.74) is 1.33. The minimum atomic E-state index is -0.156. The topological polar surface area (TPSA) is 38.3 Å². The first-order valence-electron chi connectivity index (χ1n) is 6.00. The van der Waals surface area contributed by atoms with Gasteiger partial charge in [-0.25, -0.2) is 0 Å². The van der Waals surface area contributed by atoms with Crippen LogP contribution in [0, 0.1) is 0 Å². The van der Waals surface area contributed by atoms with Crippen molar-refractivity contribution in [3.8, 4) is 5.75 Å². The smallest absolute Gasteiger partial charge is 0.221 e. The number of hydrogen-bond acceptors (Lipinski definition) is 2. The fraction of sp³-hybridized carbons (Fsp3) is 0.133. The lowest BCUT2D eigenvalue weighted by Crippen LogP contribution is -2.08. The number of para-hydroxylation sites is 2. The van der Waals surface area contributed by atoms with Gasteiger partial charge in [0.05, 0.1) is 5.69 Å². The van der Waals surface area contributed by atoms with Crippen LogP contribution in [0.2, 0.25) is 10.0 Å². The fourth-order valence-corrected chi connectivity index (χ4v) is 2.21. The van der Waals surface area contributed by atoms with E-state index in [4.69, 9.17) is 27.9 Å². The summed E-state index contributed by atoms with van der Waals surface area (Å²) in [4.78, 5) is 11.1. The molecule has 0 aliphatic heterocycles. The summed E-state index contributed by atoms with van der Waals surface area (Å²) >= 11 is 12.2. The van der Waals surface area contributed by atoms with E-state index in [-0.39, 0.29) is 12.5 Å². The average Bonchev–Trinajstić information content (AvgIpc) is 2.39. The van der Waals surface area contributed by atoms with Crippen molar-refractivity contribution in [3.05, 3.63) is 58.1 Å². The number of ether oxygens (including phenoxy) is 1. The minimum Gasteiger partial charge on any atom is -0.487 e. The maximum atomic E-state index is 11.1. The van der Waals surface area contributed by atoms with E-state index in [1.807, 2.05) is 12.1 Å². The second kappa shape index (κ2) is 6.64. The van der Waals surface area contributed by atoms with Crippen LogP contribution < -0.4 is 10.1 Å². The van der Waals surface area contributed by atoms with Gasteiger partial charge in [0.2, 0.25) is 5.91 Å². The van der Waals surface area contributed by atoms with Crippen molar-refractivity contribution in [1.29, 1.82) is 0 Å². The predicted octanol–water partition coefficient (Wildman–Crippen LogP) is 4.53. The van der Waals surface area contributed by atoms with Crippen molar-refractivity contribution >= 4 is 34.8 Å². The molecule has 104 valence electrons. The number of benzene rings is 2. The molecule has 0 saturated heterocycles. The highest BCUT2D eigenvalue weighted by Crippen LogP contribution is 2.28. The van der Waals surface area contributed by atoms with Crippen LogP contribution in [0.1, 0.15) is 12.5 Å². The molecule has 0 spiro atoms. The molecule has 1 N–H and O–H groups in total. The molecule has 0 aliphatic carbocycles. The molecule has 5 heteroatoms. The molecule has 1 amide bonds. The third-order valence-corrected chi connectivity index (χ3v) is 3.34. The van der Waals surface area contributed by atoms with Crippen molar-refractivity contribution in [1.82, 2.24) is 0 Å². The van der Waals surface area contributed by atoms with Crippen LogP contribution in [0.4, 0.5) is 5.69 Å². The number of nitrogens with one attached hydrogen (secondary N) is 1. The van der Waals surface area contributed by atoms with Gasteiger partial charge in [0, 0.05) is 22.5 Å². The number of hydrogen-bond donors (Lipinski definition) is 1. The number of anilines is 1. The Morgan fingerprint density at radius 2 is 1.75 bits per heavy atom. The van der Waals surface area contributed by atoms with Crippen LogP contribution >= 0.6 is 23.2 Å². The van der Waals surface area contributed by atoms with Crippen LogP contribution in [-0.2, 0) is 11.4 Å². The minimum absolute atomic E-state index is 0.156. The Morgan fingerprint density at radius 1 is 1.10 bits per heavy atom. The lowest BCUT2D eigenvalue weighted by molar-refractivity contribution is -0.114. The van der Waals surface area contributed by atoms with Crippen molar-refractivity contribution in [2.75, 3.05) is 5.32 Å². The van der Waals surface area contributed by atoms with E-state index in [1.165, 1.54) is 6.92 Å². The van der Waals surface area contributed by atoms with E-state index >= 15 is 0 Å². The first kappa shape index (κ1) is 14.7. The number of rotatable bonds is 4. The molecule has 0 saturated carbocycles. The maximum Gasteiger partial charge on any atom is 0.221 e. The zero-order valence-electron chi connectivity index (χ0n) is 10.8. The monoisotopic (exact) mass is 309 g/mol. The fourth-order valence-electron chi connectivity index (χ4n) is 1.71. The van der Waals surface area contributed by atoms with Gasteiger partial charge in [-0.05, 0) is 24.3 Å². The molecule has 2 aromatic carbocycles. The molecular formula is C15H13Cl2NO2. The Labute approximate surface area is 127 Å². The summed E-state index contributed by atoms with van der Waals surface area (Å²) in [7, 11) is 0. The second-order valence-corrected chi connectivity index (χ2v) is 4.98. The zero-order valence-corrected chi connectivity index (χ0v) is 12.3. The van der Waals surface area contributed by atoms with E-state index in [1.54, 1.807) is 30.3 Å².